The van der Waals surface area contributed by atoms with E-state index in [4.69, 9.17) is 12.2 Å². The van der Waals surface area contributed by atoms with E-state index in [1.807, 2.05) is 18.2 Å². The number of piperazine rings is 1. The topological polar surface area (TPSA) is 18.5 Å². The van der Waals surface area contributed by atoms with Gasteiger partial charge in [0.05, 0.1) is 5.56 Å². The van der Waals surface area contributed by atoms with Gasteiger partial charge >= 0.3 is 6.18 Å². The van der Waals surface area contributed by atoms with Gasteiger partial charge in [-0.2, -0.15) is 13.2 Å². The Kier molecular flexibility index (Phi) is 5.78. The SMILES string of the molecule is FC(F)(F)c1ccc(NC(=S)N2CCN(Cc3ccccc3)CC2)cc1. The molecule has 2 aromatic rings. The molecule has 0 atom stereocenters. The highest BCUT2D eigenvalue weighted by Crippen LogP contribution is 2.29. The van der Waals surface area contributed by atoms with Crippen molar-refractivity contribution in [3.8, 4) is 0 Å². The van der Waals surface area contributed by atoms with Gasteiger partial charge < -0.3 is 10.2 Å². The van der Waals surface area contributed by atoms with E-state index in [-0.39, 0.29) is 0 Å². The molecule has 1 aliphatic rings. The Morgan fingerprint density at radius 1 is 0.923 bits per heavy atom. The van der Waals surface area contributed by atoms with Crippen LogP contribution in [-0.2, 0) is 12.7 Å². The Balaban J connectivity index is 1.49. The first-order valence-electron chi connectivity index (χ1n) is 8.41. The molecule has 0 amide bonds. The van der Waals surface area contributed by atoms with Crippen LogP contribution in [0.5, 0.6) is 0 Å². The third-order valence-corrected chi connectivity index (χ3v) is 4.73. The molecule has 0 unspecified atom stereocenters. The van der Waals surface area contributed by atoms with Crippen LogP contribution in [0.2, 0.25) is 0 Å². The van der Waals surface area contributed by atoms with Crippen molar-refractivity contribution in [1.82, 2.24) is 9.80 Å². The first kappa shape index (κ1) is 18.7. The monoisotopic (exact) mass is 379 g/mol. The van der Waals surface area contributed by atoms with Gasteiger partial charge in [-0.15, -0.1) is 0 Å². The Morgan fingerprint density at radius 2 is 1.54 bits per heavy atom. The molecule has 1 saturated heterocycles. The maximum Gasteiger partial charge on any atom is 0.416 e. The van der Waals surface area contributed by atoms with Gasteiger partial charge in [-0.3, -0.25) is 4.90 Å². The summed E-state index contributed by atoms with van der Waals surface area (Å²) in [6, 6.07) is 15.2. The molecule has 1 heterocycles. The first-order valence-corrected chi connectivity index (χ1v) is 8.82. The number of hydrogen-bond acceptors (Lipinski definition) is 2. The normalized spacial score (nSPS) is 15.7. The highest BCUT2D eigenvalue weighted by Gasteiger charge is 2.30. The van der Waals surface area contributed by atoms with Crippen LogP contribution in [0, 0.1) is 0 Å². The van der Waals surface area contributed by atoms with Crippen LogP contribution in [0.3, 0.4) is 0 Å². The summed E-state index contributed by atoms with van der Waals surface area (Å²) in [6.45, 7) is 4.28. The molecule has 26 heavy (non-hydrogen) atoms. The number of benzene rings is 2. The largest absolute Gasteiger partial charge is 0.416 e. The van der Waals surface area contributed by atoms with E-state index in [1.165, 1.54) is 17.7 Å². The summed E-state index contributed by atoms with van der Waals surface area (Å²) in [5.74, 6) is 0. The number of nitrogens with one attached hydrogen (secondary N) is 1. The lowest BCUT2D eigenvalue weighted by Gasteiger charge is -2.36. The first-order chi connectivity index (χ1) is 12.4. The predicted octanol–water partition coefficient (Wildman–Crippen LogP) is 4.22. The minimum Gasteiger partial charge on any atom is -0.346 e. The number of hydrogen-bond donors (Lipinski definition) is 1. The van der Waals surface area contributed by atoms with Crippen LogP contribution < -0.4 is 5.32 Å². The van der Waals surface area contributed by atoms with Crippen LogP contribution in [0.25, 0.3) is 0 Å². The quantitative estimate of drug-likeness (QED) is 0.805. The van der Waals surface area contributed by atoms with Crippen molar-refractivity contribution >= 4 is 23.0 Å². The fourth-order valence-corrected chi connectivity index (χ4v) is 3.20. The summed E-state index contributed by atoms with van der Waals surface area (Å²) >= 11 is 5.40. The number of alkyl halides is 3. The Labute approximate surface area is 156 Å². The molecule has 0 aliphatic carbocycles. The third-order valence-electron chi connectivity index (χ3n) is 4.37. The van der Waals surface area contributed by atoms with E-state index in [1.54, 1.807) is 0 Å². The molecule has 1 aliphatic heterocycles. The van der Waals surface area contributed by atoms with Crippen molar-refractivity contribution in [2.45, 2.75) is 12.7 Å². The van der Waals surface area contributed by atoms with E-state index in [0.717, 1.165) is 44.9 Å². The van der Waals surface area contributed by atoms with Gasteiger partial charge in [0, 0.05) is 38.4 Å². The molecule has 0 saturated carbocycles. The Hall–Kier alpha value is -2.12. The third kappa shape index (κ3) is 4.95. The lowest BCUT2D eigenvalue weighted by atomic mass is 10.2. The maximum absolute atomic E-state index is 12.6. The van der Waals surface area contributed by atoms with Crippen LogP contribution in [0.4, 0.5) is 18.9 Å². The van der Waals surface area contributed by atoms with Crippen molar-refractivity contribution in [1.29, 1.82) is 0 Å². The van der Waals surface area contributed by atoms with Gasteiger partial charge in [-0.25, -0.2) is 0 Å². The highest BCUT2D eigenvalue weighted by molar-refractivity contribution is 7.80. The predicted molar refractivity (Wildman–Crippen MR) is 101 cm³/mol. The molecule has 3 nitrogen and oxygen atoms in total. The molecule has 3 rings (SSSR count). The van der Waals surface area contributed by atoms with E-state index in [9.17, 15) is 13.2 Å². The fourth-order valence-electron chi connectivity index (χ4n) is 2.90. The van der Waals surface area contributed by atoms with Crippen molar-refractivity contribution in [3.05, 3.63) is 65.7 Å². The number of halogens is 3. The minimum atomic E-state index is -4.33. The van der Waals surface area contributed by atoms with Gasteiger partial charge in [-0.05, 0) is 42.0 Å². The Morgan fingerprint density at radius 3 is 2.12 bits per heavy atom. The van der Waals surface area contributed by atoms with Crippen molar-refractivity contribution in [3.63, 3.8) is 0 Å². The van der Waals surface area contributed by atoms with Crippen molar-refractivity contribution in [2.75, 3.05) is 31.5 Å². The summed E-state index contributed by atoms with van der Waals surface area (Å²) in [7, 11) is 0. The van der Waals surface area contributed by atoms with Gasteiger partial charge in [0.15, 0.2) is 5.11 Å². The number of rotatable bonds is 3. The molecule has 0 aromatic heterocycles. The molecule has 0 spiro atoms. The zero-order chi connectivity index (χ0) is 18.6. The van der Waals surface area contributed by atoms with E-state index >= 15 is 0 Å². The fraction of sp³-hybridized carbons (Fsp3) is 0.316. The van der Waals surface area contributed by atoms with Crippen LogP contribution in [0.15, 0.2) is 54.6 Å². The van der Waals surface area contributed by atoms with Gasteiger partial charge in [0.25, 0.3) is 0 Å². The number of thiocarbonyl (C=S) groups is 1. The smallest absolute Gasteiger partial charge is 0.346 e. The molecular weight excluding hydrogens is 359 g/mol. The second-order valence-corrected chi connectivity index (χ2v) is 6.64. The summed E-state index contributed by atoms with van der Waals surface area (Å²) in [4.78, 5) is 4.42. The van der Waals surface area contributed by atoms with Crippen LogP contribution in [-0.4, -0.2) is 41.1 Å². The standard InChI is InChI=1S/C19H20F3N3S/c20-19(21,22)16-6-8-17(9-7-16)23-18(26)25-12-10-24(11-13-25)14-15-4-2-1-3-5-15/h1-9H,10-14H2,(H,23,26). The molecule has 7 heteroatoms. The van der Waals surface area contributed by atoms with Gasteiger partial charge in [-0.1, -0.05) is 30.3 Å². The second-order valence-electron chi connectivity index (χ2n) is 6.25. The molecule has 1 fully saturated rings. The molecule has 0 bridgehead atoms. The number of anilines is 1. The summed E-state index contributed by atoms with van der Waals surface area (Å²) in [5, 5.41) is 3.57. The van der Waals surface area contributed by atoms with Gasteiger partial charge in [0.1, 0.15) is 0 Å². The minimum absolute atomic E-state index is 0.545. The van der Waals surface area contributed by atoms with Crippen LogP contribution in [0.1, 0.15) is 11.1 Å². The van der Waals surface area contributed by atoms with E-state index < -0.39 is 11.7 Å². The Bertz CT molecular complexity index is 724. The average molecular weight is 379 g/mol. The molecule has 0 radical (unpaired) electrons. The zero-order valence-electron chi connectivity index (χ0n) is 14.2. The van der Waals surface area contributed by atoms with E-state index in [0.29, 0.717) is 10.8 Å². The maximum atomic E-state index is 12.6. The lowest BCUT2D eigenvalue weighted by Crippen LogP contribution is -2.49. The summed E-state index contributed by atoms with van der Waals surface area (Å²) < 4.78 is 37.8. The number of nitrogens with zero attached hydrogens (tertiary/aromatic N) is 2. The lowest BCUT2D eigenvalue weighted by molar-refractivity contribution is -0.137. The molecular formula is C19H20F3N3S. The second kappa shape index (κ2) is 8.05. The van der Waals surface area contributed by atoms with Gasteiger partial charge in [0.2, 0.25) is 0 Å². The molecule has 2 aromatic carbocycles. The van der Waals surface area contributed by atoms with Crippen molar-refractivity contribution < 1.29 is 13.2 Å². The van der Waals surface area contributed by atoms with Crippen LogP contribution >= 0.6 is 12.2 Å². The zero-order valence-corrected chi connectivity index (χ0v) is 15.0. The molecule has 1 N–H and O–H groups in total. The summed E-state index contributed by atoms with van der Waals surface area (Å²) in [6.07, 6.45) is -4.33. The average Bonchev–Trinajstić information content (AvgIpc) is 2.63. The van der Waals surface area contributed by atoms with Crippen molar-refractivity contribution in [2.24, 2.45) is 0 Å². The highest BCUT2D eigenvalue weighted by atomic mass is 32.1. The van der Waals surface area contributed by atoms with E-state index in [2.05, 4.69) is 27.2 Å². The summed E-state index contributed by atoms with van der Waals surface area (Å²) in [5.41, 5.74) is 1.18. The molecule has 138 valence electrons.